The van der Waals surface area contributed by atoms with E-state index in [1.807, 2.05) is 18.2 Å². The normalized spacial score (nSPS) is 33.1. The molecule has 1 saturated carbocycles. The van der Waals surface area contributed by atoms with E-state index < -0.39 is 0 Å². The van der Waals surface area contributed by atoms with Gasteiger partial charge < -0.3 is 4.74 Å². The molecule has 0 N–H and O–H groups in total. The van der Waals surface area contributed by atoms with E-state index in [-0.39, 0.29) is 17.3 Å². The van der Waals surface area contributed by atoms with Crippen molar-refractivity contribution in [1.29, 1.82) is 0 Å². The third-order valence-corrected chi connectivity index (χ3v) is 3.74. The van der Waals surface area contributed by atoms with Crippen LogP contribution in [0, 0.1) is 0 Å². The maximum Gasteiger partial charge on any atom is 0.174 e. The minimum Gasteiger partial charge on any atom is -0.481 e. The van der Waals surface area contributed by atoms with Crippen molar-refractivity contribution in [2.24, 2.45) is 0 Å². The van der Waals surface area contributed by atoms with Gasteiger partial charge >= 0.3 is 0 Å². The molecule has 1 aliphatic carbocycles. The molecule has 15 heavy (non-hydrogen) atoms. The Bertz CT molecular complexity index is 424. The molecule has 0 spiro atoms. The molecule has 3 rings (SSSR count). The van der Waals surface area contributed by atoms with Gasteiger partial charge in [0.15, 0.2) is 11.9 Å². The number of fused-ring (bicyclic) bond motifs is 3. The molecule has 0 saturated heterocycles. The van der Waals surface area contributed by atoms with Crippen molar-refractivity contribution in [2.45, 2.75) is 37.7 Å². The lowest BCUT2D eigenvalue weighted by atomic mass is 9.70. The standard InChI is InChI=1S/C13H14O2/c1-13-8-4-6-10(14)12(13)15-11-7-3-2-5-9(11)13/h2-3,5,7,12H,4,6,8H2,1H3/t12-,13-/m0/s1. The Labute approximate surface area is 89.2 Å². The first-order chi connectivity index (χ1) is 7.22. The van der Waals surface area contributed by atoms with Gasteiger partial charge in [-0.15, -0.1) is 0 Å². The van der Waals surface area contributed by atoms with Gasteiger partial charge in [0.2, 0.25) is 0 Å². The third kappa shape index (κ3) is 1.08. The molecule has 1 aromatic rings. The molecule has 0 amide bonds. The molecular formula is C13H14O2. The fraction of sp³-hybridized carbons (Fsp3) is 0.462. The monoisotopic (exact) mass is 202 g/mol. The van der Waals surface area contributed by atoms with Crippen LogP contribution >= 0.6 is 0 Å². The number of carbonyl (C=O) groups excluding carboxylic acids is 1. The number of hydrogen-bond acceptors (Lipinski definition) is 2. The molecule has 1 heterocycles. The first-order valence-electron chi connectivity index (χ1n) is 5.51. The lowest BCUT2D eigenvalue weighted by Crippen LogP contribution is -2.44. The largest absolute Gasteiger partial charge is 0.481 e. The maximum absolute atomic E-state index is 11.8. The number of para-hydroxylation sites is 1. The highest BCUT2D eigenvalue weighted by molar-refractivity contribution is 5.87. The van der Waals surface area contributed by atoms with Crippen LogP contribution in [0.3, 0.4) is 0 Å². The van der Waals surface area contributed by atoms with E-state index in [1.54, 1.807) is 0 Å². The van der Waals surface area contributed by atoms with Crippen molar-refractivity contribution < 1.29 is 9.53 Å². The van der Waals surface area contributed by atoms with Crippen molar-refractivity contribution in [2.75, 3.05) is 0 Å². The first-order valence-corrected chi connectivity index (χ1v) is 5.51. The molecule has 1 aliphatic heterocycles. The summed E-state index contributed by atoms with van der Waals surface area (Å²) >= 11 is 0. The molecular weight excluding hydrogens is 188 g/mol. The average molecular weight is 202 g/mol. The summed E-state index contributed by atoms with van der Waals surface area (Å²) in [5.41, 5.74) is 1.13. The van der Waals surface area contributed by atoms with Gasteiger partial charge in [0.05, 0.1) is 0 Å². The average Bonchev–Trinajstić information content (AvgIpc) is 2.54. The van der Waals surface area contributed by atoms with Gasteiger partial charge in [0.1, 0.15) is 5.75 Å². The summed E-state index contributed by atoms with van der Waals surface area (Å²) in [5.74, 6) is 1.17. The van der Waals surface area contributed by atoms with Crippen LogP contribution in [0.5, 0.6) is 5.75 Å². The van der Waals surface area contributed by atoms with Gasteiger partial charge in [-0.05, 0) is 18.9 Å². The zero-order chi connectivity index (χ0) is 10.5. The second-order valence-electron chi connectivity index (χ2n) is 4.73. The fourth-order valence-electron chi connectivity index (χ4n) is 2.89. The van der Waals surface area contributed by atoms with Crippen LogP contribution in [0.1, 0.15) is 31.7 Å². The zero-order valence-corrected chi connectivity index (χ0v) is 8.82. The van der Waals surface area contributed by atoms with Gasteiger partial charge in [-0.3, -0.25) is 4.79 Å². The topological polar surface area (TPSA) is 26.3 Å². The summed E-state index contributed by atoms with van der Waals surface area (Å²) in [4.78, 5) is 11.8. The summed E-state index contributed by atoms with van der Waals surface area (Å²) in [6.07, 6.45) is 2.49. The number of carbonyl (C=O) groups is 1. The van der Waals surface area contributed by atoms with Crippen LogP contribution in [0.25, 0.3) is 0 Å². The highest BCUT2D eigenvalue weighted by Crippen LogP contribution is 2.48. The zero-order valence-electron chi connectivity index (χ0n) is 8.82. The molecule has 2 nitrogen and oxygen atoms in total. The lowest BCUT2D eigenvalue weighted by Gasteiger charge is -2.33. The number of benzene rings is 1. The van der Waals surface area contributed by atoms with E-state index in [2.05, 4.69) is 13.0 Å². The van der Waals surface area contributed by atoms with E-state index in [1.165, 1.54) is 5.56 Å². The Hall–Kier alpha value is -1.31. The smallest absolute Gasteiger partial charge is 0.174 e. The fourth-order valence-corrected chi connectivity index (χ4v) is 2.89. The number of rotatable bonds is 0. The molecule has 0 unspecified atom stereocenters. The van der Waals surface area contributed by atoms with Gasteiger partial charge in [0.25, 0.3) is 0 Å². The van der Waals surface area contributed by atoms with Crippen LogP contribution in [0.4, 0.5) is 0 Å². The van der Waals surface area contributed by atoms with Crippen molar-refractivity contribution in [3.8, 4) is 5.75 Å². The molecule has 2 aliphatic rings. The second-order valence-corrected chi connectivity index (χ2v) is 4.73. The molecule has 2 heteroatoms. The second kappa shape index (κ2) is 2.84. The molecule has 1 fully saturated rings. The number of Topliss-reactive ketones (excluding diaryl/α,β-unsaturated/α-hetero) is 1. The van der Waals surface area contributed by atoms with E-state index in [4.69, 9.17) is 4.74 Å². The Morgan fingerprint density at radius 2 is 2.20 bits per heavy atom. The summed E-state index contributed by atoms with van der Waals surface area (Å²) in [5, 5.41) is 0. The predicted molar refractivity (Wildman–Crippen MR) is 57.1 cm³/mol. The highest BCUT2D eigenvalue weighted by Gasteiger charge is 2.50. The molecule has 1 aromatic carbocycles. The van der Waals surface area contributed by atoms with Gasteiger partial charge in [0, 0.05) is 17.4 Å². The number of ether oxygens (including phenoxy) is 1. The van der Waals surface area contributed by atoms with Gasteiger partial charge in [-0.2, -0.15) is 0 Å². The number of ketones is 1. The Morgan fingerprint density at radius 1 is 1.40 bits per heavy atom. The van der Waals surface area contributed by atoms with Crippen LogP contribution in [-0.4, -0.2) is 11.9 Å². The van der Waals surface area contributed by atoms with Crippen LogP contribution in [0.15, 0.2) is 24.3 Å². The third-order valence-electron chi connectivity index (χ3n) is 3.74. The summed E-state index contributed by atoms with van der Waals surface area (Å²) < 4.78 is 5.78. The van der Waals surface area contributed by atoms with Crippen molar-refractivity contribution >= 4 is 5.78 Å². The van der Waals surface area contributed by atoms with Crippen molar-refractivity contribution in [1.82, 2.24) is 0 Å². The van der Waals surface area contributed by atoms with Crippen LogP contribution < -0.4 is 4.74 Å². The minimum absolute atomic E-state index is 0.0775. The van der Waals surface area contributed by atoms with Crippen molar-refractivity contribution in [3.05, 3.63) is 29.8 Å². The van der Waals surface area contributed by atoms with Gasteiger partial charge in [-0.1, -0.05) is 25.1 Å². The van der Waals surface area contributed by atoms with Crippen LogP contribution in [-0.2, 0) is 10.2 Å². The van der Waals surface area contributed by atoms with E-state index >= 15 is 0 Å². The van der Waals surface area contributed by atoms with Gasteiger partial charge in [-0.25, -0.2) is 0 Å². The Morgan fingerprint density at radius 3 is 3.07 bits per heavy atom. The molecule has 0 radical (unpaired) electrons. The van der Waals surface area contributed by atoms with Crippen LogP contribution in [0.2, 0.25) is 0 Å². The first kappa shape index (κ1) is 8.96. The molecule has 0 aromatic heterocycles. The SMILES string of the molecule is C[C@@]12CCCC(=O)[C@@H]1Oc1ccccc12. The van der Waals surface area contributed by atoms with E-state index in [0.29, 0.717) is 6.42 Å². The summed E-state index contributed by atoms with van der Waals surface area (Å²) in [6, 6.07) is 8.04. The Balaban J connectivity index is 2.14. The van der Waals surface area contributed by atoms with E-state index in [9.17, 15) is 4.79 Å². The maximum atomic E-state index is 11.8. The molecule has 78 valence electrons. The van der Waals surface area contributed by atoms with E-state index in [0.717, 1.165) is 18.6 Å². The lowest BCUT2D eigenvalue weighted by molar-refractivity contribution is -0.130. The molecule has 2 atom stereocenters. The van der Waals surface area contributed by atoms with Crippen molar-refractivity contribution in [3.63, 3.8) is 0 Å². The minimum atomic E-state index is -0.233. The predicted octanol–water partition coefficient (Wildman–Crippen LogP) is 2.46. The quantitative estimate of drug-likeness (QED) is 0.646. The molecule has 0 bridgehead atoms. The summed E-state index contributed by atoms with van der Waals surface area (Å²) in [7, 11) is 0. The summed E-state index contributed by atoms with van der Waals surface area (Å²) in [6.45, 7) is 2.15. The Kier molecular flexibility index (Phi) is 1.70. The number of hydrogen-bond donors (Lipinski definition) is 0. The highest BCUT2D eigenvalue weighted by atomic mass is 16.5.